The van der Waals surface area contributed by atoms with E-state index >= 15 is 0 Å². The zero-order valence-corrected chi connectivity index (χ0v) is 7.96. The third kappa shape index (κ3) is 1.64. The molecule has 1 heterocycles. The van der Waals surface area contributed by atoms with Crippen molar-refractivity contribution >= 4 is 10.9 Å². The van der Waals surface area contributed by atoms with Crippen LogP contribution in [0.2, 0.25) is 0 Å². The number of aliphatic hydroxyl groups is 1. The number of nitrogens with two attached hydrogens (primary N) is 1. The summed E-state index contributed by atoms with van der Waals surface area (Å²) in [5, 5.41) is 9.98. The molecule has 1 aromatic heterocycles. The van der Waals surface area contributed by atoms with E-state index in [1.54, 1.807) is 0 Å². The van der Waals surface area contributed by atoms with Crippen molar-refractivity contribution < 1.29 is 5.11 Å². The van der Waals surface area contributed by atoms with Crippen LogP contribution < -0.4 is 5.73 Å². The average molecular weight is 190 g/mol. The molecule has 2 aromatic rings. The first-order chi connectivity index (χ1) is 6.83. The van der Waals surface area contributed by atoms with Gasteiger partial charge in [-0.05, 0) is 35.6 Å². The second-order valence-electron chi connectivity index (χ2n) is 3.39. The number of hydrogen-bond acceptors (Lipinski definition) is 2. The summed E-state index contributed by atoms with van der Waals surface area (Å²) in [6.45, 7) is 0.726. The van der Waals surface area contributed by atoms with E-state index in [0.717, 1.165) is 22.2 Å². The van der Waals surface area contributed by atoms with Gasteiger partial charge in [0.1, 0.15) is 0 Å². The van der Waals surface area contributed by atoms with Crippen molar-refractivity contribution in [1.82, 2.24) is 4.98 Å². The van der Waals surface area contributed by atoms with Crippen molar-refractivity contribution in [2.75, 3.05) is 6.61 Å². The van der Waals surface area contributed by atoms with Gasteiger partial charge in [0, 0.05) is 24.4 Å². The first kappa shape index (κ1) is 9.24. The third-order valence-electron chi connectivity index (χ3n) is 2.36. The van der Waals surface area contributed by atoms with E-state index in [1.165, 1.54) is 0 Å². The van der Waals surface area contributed by atoms with Crippen LogP contribution in [-0.2, 0) is 13.0 Å². The van der Waals surface area contributed by atoms with E-state index in [4.69, 9.17) is 10.8 Å². The molecule has 4 N–H and O–H groups in total. The van der Waals surface area contributed by atoms with Gasteiger partial charge in [-0.15, -0.1) is 0 Å². The van der Waals surface area contributed by atoms with Gasteiger partial charge in [-0.2, -0.15) is 0 Å². The summed E-state index contributed by atoms with van der Waals surface area (Å²) in [6, 6.07) is 8.19. The summed E-state index contributed by atoms with van der Waals surface area (Å²) in [5.74, 6) is 0. The molecule has 0 fully saturated rings. The Morgan fingerprint density at radius 1 is 1.29 bits per heavy atom. The van der Waals surface area contributed by atoms with E-state index in [9.17, 15) is 0 Å². The molecule has 3 nitrogen and oxygen atoms in total. The molecule has 0 atom stereocenters. The van der Waals surface area contributed by atoms with Crippen molar-refractivity contribution in [3.05, 3.63) is 35.5 Å². The maximum absolute atomic E-state index is 8.82. The largest absolute Gasteiger partial charge is 0.396 e. The van der Waals surface area contributed by atoms with Crippen LogP contribution in [0.25, 0.3) is 10.9 Å². The zero-order valence-electron chi connectivity index (χ0n) is 7.96. The SMILES string of the molecule is NCc1cc2cc(CCO)ccc2[nH]1. The van der Waals surface area contributed by atoms with Gasteiger partial charge in [0.25, 0.3) is 0 Å². The second kappa shape index (κ2) is 3.82. The number of aliphatic hydroxyl groups excluding tert-OH is 1. The summed E-state index contributed by atoms with van der Waals surface area (Å²) in [6.07, 6.45) is 0.707. The van der Waals surface area contributed by atoms with Gasteiger partial charge >= 0.3 is 0 Å². The minimum absolute atomic E-state index is 0.194. The summed E-state index contributed by atoms with van der Waals surface area (Å²) in [5.41, 5.74) is 8.84. The lowest BCUT2D eigenvalue weighted by Crippen LogP contribution is -1.94. The number of aromatic nitrogens is 1. The van der Waals surface area contributed by atoms with E-state index in [0.29, 0.717) is 13.0 Å². The van der Waals surface area contributed by atoms with Crippen molar-refractivity contribution in [1.29, 1.82) is 0 Å². The van der Waals surface area contributed by atoms with E-state index in [-0.39, 0.29) is 6.61 Å². The Morgan fingerprint density at radius 3 is 2.86 bits per heavy atom. The Morgan fingerprint density at radius 2 is 2.14 bits per heavy atom. The Balaban J connectivity index is 2.43. The first-order valence-corrected chi connectivity index (χ1v) is 4.75. The number of benzene rings is 1. The lowest BCUT2D eigenvalue weighted by atomic mass is 10.1. The van der Waals surface area contributed by atoms with Crippen LogP contribution in [0.4, 0.5) is 0 Å². The zero-order chi connectivity index (χ0) is 9.97. The fourth-order valence-electron chi connectivity index (χ4n) is 1.64. The standard InChI is InChI=1S/C11H14N2O/c12-7-10-6-9-5-8(3-4-14)1-2-11(9)13-10/h1-2,5-6,13-14H,3-4,7,12H2. The molecule has 0 saturated carbocycles. The molecule has 0 aliphatic rings. The van der Waals surface area contributed by atoms with E-state index in [2.05, 4.69) is 17.1 Å². The normalized spacial score (nSPS) is 11.0. The highest BCUT2D eigenvalue weighted by atomic mass is 16.2. The molecule has 2 rings (SSSR count). The summed E-state index contributed by atoms with van der Waals surface area (Å²) in [7, 11) is 0. The Labute approximate surface area is 82.6 Å². The van der Waals surface area contributed by atoms with Gasteiger partial charge in [0.2, 0.25) is 0 Å². The molecule has 0 radical (unpaired) electrons. The molecule has 0 amide bonds. The van der Waals surface area contributed by atoms with Crippen molar-refractivity contribution in [2.45, 2.75) is 13.0 Å². The number of hydrogen-bond donors (Lipinski definition) is 3. The summed E-state index contributed by atoms with van der Waals surface area (Å²) in [4.78, 5) is 3.23. The predicted molar refractivity (Wildman–Crippen MR) is 57.0 cm³/mol. The summed E-state index contributed by atoms with van der Waals surface area (Å²) >= 11 is 0. The van der Waals surface area contributed by atoms with Crippen LogP contribution in [0, 0.1) is 0 Å². The predicted octanol–water partition coefficient (Wildman–Crippen LogP) is 1.16. The molecule has 0 saturated heterocycles. The first-order valence-electron chi connectivity index (χ1n) is 4.75. The van der Waals surface area contributed by atoms with Crippen LogP contribution in [0.15, 0.2) is 24.3 Å². The van der Waals surface area contributed by atoms with Crippen LogP contribution in [0.5, 0.6) is 0 Å². The summed E-state index contributed by atoms with van der Waals surface area (Å²) < 4.78 is 0. The molecule has 0 unspecified atom stereocenters. The Hall–Kier alpha value is -1.32. The fraction of sp³-hybridized carbons (Fsp3) is 0.273. The van der Waals surface area contributed by atoms with E-state index < -0.39 is 0 Å². The third-order valence-corrected chi connectivity index (χ3v) is 2.36. The quantitative estimate of drug-likeness (QED) is 0.680. The highest BCUT2D eigenvalue weighted by molar-refractivity contribution is 5.81. The van der Waals surface area contributed by atoms with Crippen molar-refractivity contribution in [3.63, 3.8) is 0 Å². The topological polar surface area (TPSA) is 62.0 Å². The minimum Gasteiger partial charge on any atom is -0.396 e. The van der Waals surface area contributed by atoms with Crippen LogP contribution in [0.1, 0.15) is 11.3 Å². The van der Waals surface area contributed by atoms with Crippen LogP contribution in [0.3, 0.4) is 0 Å². The number of aromatic amines is 1. The van der Waals surface area contributed by atoms with Gasteiger partial charge in [0.05, 0.1) is 0 Å². The van der Waals surface area contributed by atoms with Crippen molar-refractivity contribution in [3.8, 4) is 0 Å². The lowest BCUT2D eigenvalue weighted by Gasteiger charge is -1.97. The Bertz CT molecular complexity index is 434. The minimum atomic E-state index is 0.194. The molecule has 0 aliphatic heterocycles. The molecule has 0 spiro atoms. The molecular formula is C11H14N2O. The number of rotatable bonds is 3. The van der Waals surface area contributed by atoms with Gasteiger partial charge in [-0.1, -0.05) is 6.07 Å². The number of nitrogens with one attached hydrogen (secondary N) is 1. The highest BCUT2D eigenvalue weighted by Crippen LogP contribution is 2.17. The second-order valence-corrected chi connectivity index (χ2v) is 3.39. The average Bonchev–Trinajstić information content (AvgIpc) is 2.60. The van der Waals surface area contributed by atoms with E-state index in [1.807, 2.05) is 12.1 Å². The maximum Gasteiger partial charge on any atom is 0.0471 e. The molecule has 3 heteroatoms. The number of H-pyrrole nitrogens is 1. The number of fused-ring (bicyclic) bond motifs is 1. The lowest BCUT2D eigenvalue weighted by molar-refractivity contribution is 0.299. The maximum atomic E-state index is 8.82. The van der Waals surface area contributed by atoms with Gasteiger partial charge in [0.15, 0.2) is 0 Å². The smallest absolute Gasteiger partial charge is 0.0471 e. The Kier molecular flexibility index (Phi) is 2.52. The van der Waals surface area contributed by atoms with Gasteiger partial charge in [-0.3, -0.25) is 0 Å². The fourth-order valence-corrected chi connectivity index (χ4v) is 1.64. The van der Waals surface area contributed by atoms with Crippen molar-refractivity contribution in [2.24, 2.45) is 5.73 Å². The highest BCUT2D eigenvalue weighted by Gasteiger charge is 2.00. The van der Waals surface area contributed by atoms with Gasteiger partial charge < -0.3 is 15.8 Å². The molecular weight excluding hydrogens is 176 g/mol. The molecule has 14 heavy (non-hydrogen) atoms. The molecule has 0 aliphatic carbocycles. The molecule has 74 valence electrons. The van der Waals surface area contributed by atoms with Crippen LogP contribution >= 0.6 is 0 Å². The monoisotopic (exact) mass is 190 g/mol. The molecule has 0 bridgehead atoms. The van der Waals surface area contributed by atoms with Gasteiger partial charge in [-0.25, -0.2) is 0 Å². The van der Waals surface area contributed by atoms with Crippen LogP contribution in [-0.4, -0.2) is 16.7 Å². The molecule has 1 aromatic carbocycles.